The molecule has 11 heavy (non-hydrogen) atoms. The van der Waals surface area contributed by atoms with Crippen molar-refractivity contribution in [2.24, 2.45) is 0 Å². The molecule has 0 aromatic heterocycles. The topological polar surface area (TPSA) is 52.6 Å². The Kier molecular flexibility index (Phi) is 4.83. The van der Waals surface area contributed by atoms with Gasteiger partial charge in [0, 0.05) is 5.57 Å². The van der Waals surface area contributed by atoms with Gasteiger partial charge in [0.15, 0.2) is 8.69 Å². The molecule has 0 amide bonds. The SMILES string of the molecule is C=C(C)C(=O)OC(C)O[PH2]=O. The maximum absolute atomic E-state index is 10.7. The predicted molar refractivity (Wildman–Crippen MR) is 41.8 cm³/mol. The van der Waals surface area contributed by atoms with Crippen LogP contribution < -0.4 is 0 Å². The largest absolute Gasteiger partial charge is 0.432 e. The molecule has 0 heterocycles. The molecule has 2 atom stereocenters. The average Bonchev–Trinajstić information content (AvgIpc) is 1.87. The van der Waals surface area contributed by atoms with Crippen LogP contribution in [0.2, 0.25) is 0 Å². The lowest BCUT2D eigenvalue weighted by atomic mass is 10.4. The molecule has 0 fully saturated rings. The van der Waals surface area contributed by atoms with Crippen molar-refractivity contribution in [3.63, 3.8) is 0 Å². The van der Waals surface area contributed by atoms with Gasteiger partial charge in [0.1, 0.15) is 0 Å². The van der Waals surface area contributed by atoms with Gasteiger partial charge in [0.05, 0.1) is 0 Å². The third-order valence-corrected chi connectivity index (χ3v) is 1.36. The molecule has 5 heteroatoms. The number of hydrogen-bond donors (Lipinski definition) is 0. The summed E-state index contributed by atoms with van der Waals surface area (Å²) in [5, 5.41) is 0. The number of ether oxygens (including phenoxy) is 1. The van der Waals surface area contributed by atoms with E-state index in [0.717, 1.165) is 0 Å². The molecule has 0 radical (unpaired) electrons. The lowest BCUT2D eigenvalue weighted by Gasteiger charge is -2.09. The number of hydrogen-bond acceptors (Lipinski definition) is 4. The fourth-order valence-corrected chi connectivity index (χ4v) is 0.569. The van der Waals surface area contributed by atoms with Crippen LogP contribution in [0.25, 0.3) is 0 Å². The monoisotopic (exact) mass is 178 g/mol. The van der Waals surface area contributed by atoms with E-state index in [1.165, 1.54) is 13.8 Å². The van der Waals surface area contributed by atoms with E-state index in [4.69, 9.17) is 0 Å². The first kappa shape index (κ1) is 10.4. The number of carbonyl (C=O) groups is 1. The van der Waals surface area contributed by atoms with E-state index in [1.54, 1.807) is 0 Å². The van der Waals surface area contributed by atoms with Crippen LogP contribution in [-0.2, 0) is 18.6 Å². The number of esters is 1. The molecule has 0 rings (SSSR count). The Labute approximate surface area is 66.5 Å². The molecular weight excluding hydrogens is 167 g/mol. The van der Waals surface area contributed by atoms with Crippen molar-refractivity contribution >= 4 is 14.7 Å². The van der Waals surface area contributed by atoms with Crippen molar-refractivity contribution in [3.05, 3.63) is 12.2 Å². The van der Waals surface area contributed by atoms with Gasteiger partial charge in [-0.15, -0.1) is 0 Å². The minimum atomic E-state index is -1.34. The summed E-state index contributed by atoms with van der Waals surface area (Å²) in [6, 6.07) is 0. The molecule has 64 valence electrons. The summed E-state index contributed by atoms with van der Waals surface area (Å²) in [4.78, 5) is 10.7. The highest BCUT2D eigenvalue weighted by molar-refractivity contribution is 7.17. The molecule has 0 aromatic carbocycles. The van der Waals surface area contributed by atoms with E-state index < -0.39 is 20.9 Å². The van der Waals surface area contributed by atoms with Gasteiger partial charge in [-0.2, -0.15) is 0 Å². The Morgan fingerprint density at radius 3 is 2.55 bits per heavy atom. The molecule has 2 unspecified atom stereocenters. The standard InChI is InChI=1S/C6H11O4P/c1-4(2)6(7)9-5(3)10-11-8/h5H,1,11H2,2-3H3. The molecule has 0 saturated heterocycles. The van der Waals surface area contributed by atoms with Crippen LogP contribution in [0.4, 0.5) is 0 Å². The van der Waals surface area contributed by atoms with Crippen LogP contribution in [-0.4, -0.2) is 12.3 Å². The van der Waals surface area contributed by atoms with Crippen LogP contribution >= 0.6 is 8.69 Å². The maximum atomic E-state index is 10.7. The van der Waals surface area contributed by atoms with Crippen molar-refractivity contribution in [1.82, 2.24) is 0 Å². The van der Waals surface area contributed by atoms with E-state index >= 15 is 0 Å². The lowest BCUT2D eigenvalue weighted by Crippen LogP contribution is -2.14. The first-order valence-electron chi connectivity index (χ1n) is 3.03. The molecule has 0 aliphatic heterocycles. The van der Waals surface area contributed by atoms with Gasteiger partial charge in [0.2, 0.25) is 6.29 Å². The van der Waals surface area contributed by atoms with Gasteiger partial charge in [-0.3, -0.25) is 9.09 Å². The van der Waals surface area contributed by atoms with Crippen molar-refractivity contribution in [2.75, 3.05) is 0 Å². The number of rotatable bonds is 4. The quantitative estimate of drug-likeness (QED) is 0.280. The Bertz CT molecular complexity index is 177. The van der Waals surface area contributed by atoms with Crippen LogP contribution in [0, 0.1) is 0 Å². The summed E-state index contributed by atoms with van der Waals surface area (Å²) >= 11 is 0. The third kappa shape index (κ3) is 4.76. The van der Waals surface area contributed by atoms with Gasteiger partial charge in [-0.25, -0.2) is 4.79 Å². The Hall–Kier alpha value is -0.600. The van der Waals surface area contributed by atoms with Crippen molar-refractivity contribution in [2.45, 2.75) is 20.1 Å². The van der Waals surface area contributed by atoms with E-state index in [-0.39, 0.29) is 0 Å². The van der Waals surface area contributed by atoms with E-state index in [9.17, 15) is 9.36 Å². The Morgan fingerprint density at radius 1 is 1.64 bits per heavy atom. The molecule has 0 N–H and O–H groups in total. The van der Waals surface area contributed by atoms with E-state index in [1.807, 2.05) is 0 Å². The summed E-state index contributed by atoms with van der Waals surface area (Å²) in [5.74, 6) is -0.537. The zero-order valence-corrected chi connectivity index (χ0v) is 7.65. The first-order chi connectivity index (χ1) is 5.07. The normalized spacial score (nSPS) is 13.3. The molecular formula is C6H11O4P. The molecule has 0 spiro atoms. The highest BCUT2D eigenvalue weighted by atomic mass is 31.1. The smallest absolute Gasteiger partial charge is 0.335 e. The van der Waals surface area contributed by atoms with Crippen molar-refractivity contribution in [3.8, 4) is 0 Å². The second kappa shape index (κ2) is 5.10. The molecule has 0 aromatic rings. The molecule has 0 bridgehead atoms. The molecule has 0 saturated carbocycles. The third-order valence-electron chi connectivity index (χ3n) is 0.869. The summed E-state index contributed by atoms with van der Waals surface area (Å²) < 4.78 is 19.1. The van der Waals surface area contributed by atoms with Crippen LogP contribution in [0.3, 0.4) is 0 Å². The summed E-state index contributed by atoms with van der Waals surface area (Å²) in [5.41, 5.74) is 0.293. The maximum Gasteiger partial charge on any atom is 0.335 e. The van der Waals surface area contributed by atoms with Crippen molar-refractivity contribution in [1.29, 1.82) is 0 Å². The average molecular weight is 178 g/mol. The number of carbonyl (C=O) groups excluding carboxylic acids is 1. The van der Waals surface area contributed by atoms with Crippen LogP contribution in [0.1, 0.15) is 13.8 Å². The second-order valence-corrected chi connectivity index (χ2v) is 2.45. The Balaban J connectivity index is 3.74. The van der Waals surface area contributed by atoms with Crippen LogP contribution in [0.5, 0.6) is 0 Å². The van der Waals surface area contributed by atoms with Crippen molar-refractivity contribution < 1.29 is 18.6 Å². The second-order valence-electron chi connectivity index (χ2n) is 1.99. The van der Waals surface area contributed by atoms with Gasteiger partial charge in [-0.05, 0) is 13.8 Å². The van der Waals surface area contributed by atoms with Gasteiger partial charge >= 0.3 is 5.97 Å². The minimum absolute atomic E-state index is 0.293. The lowest BCUT2D eigenvalue weighted by molar-refractivity contribution is -0.155. The fourth-order valence-electron chi connectivity index (χ4n) is 0.357. The van der Waals surface area contributed by atoms with Gasteiger partial charge in [0.25, 0.3) is 0 Å². The fraction of sp³-hybridized carbons (Fsp3) is 0.500. The van der Waals surface area contributed by atoms with E-state index in [0.29, 0.717) is 5.57 Å². The Morgan fingerprint density at radius 2 is 2.18 bits per heavy atom. The summed E-state index contributed by atoms with van der Waals surface area (Å²) in [6.45, 7) is 6.39. The summed E-state index contributed by atoms with van der Waals surface area (Å²) in [6.07, 6.45) is -0.758. The zero-order valence-electron chi connectivity index (χ0n) is 6.49. The molecule has 0 aliphatic carbocycles. The molecule has 0 aliphatic rings. The highest BCUT2D eigenvalue weighted by Crippen LogP contribution is 2.05. The van der Waals surface area contributed by atoms with Gasteiger partial charge in [-0.1, -0.05) is 6.58 Å². The molecule has 4 nitrogen and oxygen atoms in total. The minimum Gasteiger partial charge on any atom is -0.432 e. The zero-order chi connectivity index (χ0) is 8.85. The first-order valence-corrected chi connectivity index (χ1v) is 3.97. The van der Waals surface area contributed by atoms with Crippen LogP contribution in [0.15, 0.2) is 12.2 Å². The predicted octanol–water partition coefficient (Wildman–Crippen LogP) is 1.14. The summed E-state index contributed by atoms with van der Waals surface area (Å²) in [7, 11) is -1.34. The van der Waals surface area contributed by atoms with Gasteiger partial charge < -0.3 is 4.74 Å². The van der Waals surface area contributed by atoms with E-state index in [2.05, 4.69) is 15.8 Å². The highest BCUT2D eigenvalue weighted by Gasteiger charge is 2.08.